The minimum Gasteiger partial charge on any atom is -0.327 e. The Morgan fingerprint density at radius 3 is 2.54 bits per heavy atom. The minimum atomic E-state index is -0.709. The van der Waals surface area contributed by atoms with E-state index in [0.29, 0.717) is 32.6 Å². The Hall–Kier alpha value is -1.77. The summed E-state index contributed by atoms with van der Waals surface area (Å²) in [5.41, 5.74) is 2.04. The molecule has 1 heterocycles. The molecule has 134 valence electrons. The molecule has 0 spiro atoms. The number of hydrogen-bond donors (Lipinski definition) is 3. The molecule has 3 amide bonds. The van der Waals surface area contributed by atoms with E-state index in [4.69, 9.17) is 23.2 Å². The van der Waals surface area contributed by atoms with Crippen molar-refractivity contribution in [2.75, 3.05) is 5.32 Å². The number of hydrogen-bond acceptors (Lipinski definition) is 2. The summed E-state index contributed by atoms with van der Waals surface area (Å²) in [5, 5.41) is 8.88. The van der Waals surface area contributed by atoms with Crippen LogP contribution in [0.5, 0.6) is 0 Å². The fraction of sp³-hybridized carbons (Fsp3) is 0.111. The molecule has 0 radical (unpaired) electrons. The molecule has 0 saturated heterocycles. The molecule has 0 bridgehead atoms. The molecule has 0 aromatic heterocycles. The molecule has 2 aromatic carbocycles. The minimum absolute atomic E-state index is 0.300. The second kappa shape index (κ2) is 7.85. The Morgan fingerprint density at radius 1 is 1.15 bits per heavy atom. The van der Waals surface area contributed by atoms with Crippen molar-refractivity contribution in [2.45, 2.75) is 13.0 Å². The molecule has 5 nitrogen and oxygen atoms in total. The Labute approximate surface area is 174 Å². The topological polar surface area (TPSA) is 70.2 Å². The van der Waals surface area contributed by atoms with Gasteiger partial charge in [0.25, 0.3) is 5.91 Å². The Morgan fingerprint density at radius 2 is 1.85 bits per heavy atom. The molecule has 0 aliphatic carbocycles. The van der Waals surface area contributed by atoms with Crippen LogP contribution < -0.4 is 16.0 Å². The number of carbonyl (C=O) groups is 2. The average Bonchev–Trinajstić information content (AvgIpc) is 2.58. The fourth-order valence-electron chi connectivity index (χ4n) is 2.70. The van der Waals surface area contributed by atoms with Crippen molar-refractivity contribution >= 4 is 63.4 Å². The molecule has 1 aliphatic rings. The molecule has 3 N–H and O–H groups in total. The first-order valence-electron chi connectivity index (χ1n) is 7.66. The highest BCUT2D eigenvalue weighted by molar-refractivity contribution is 14.1. The quantitative estimate of drug-likeness (QED) is 0.525. The normalized spacial score (nSPS) is 16.8. The van der Waals surface area contributed by atoms with Gasteiger partial charge in [-0.3, -0.25) is 4.79 Å². The standard InChI is InChI=1S/C18H14Cl2IN3O2/c1-9-14(17(25)23-11-7-5-10(21)6-8-11)16(24-18(26)22-9)12-3-2-4-13(19)15(12)20/h2-8,16H,1H3,(H,23,25)(H2,22,24,26). The fourth-order valence-corrected chi connectivity index (χ4v) is 3.48. The number of rotatable bonds is 3. The van der Waals surface area contributed by atoms with Gasteiger partial charge in [-0.25, -0.2) is 4.79 Å². The van der Waals surface area contributed by atoms with Crippen LogP contribution in [0.15, 0.2) is 53.7 Å². The lowest BCUT2D eigenvalue weighted by Gasteiger charge is -2.29. The van der Waals surface area contributed by atoms with Gasteiger partial charge in [-0.05, 0) is 65.4 Å². The monoisotopic (exact) mass is 501 g/mol. The molecular formula is C18H14Cl2IN3O2. The molecule has 0 fully saturated rings. The van der Waals surface area contributed by atoms with Crippen LogP contribution in [0.4, 0.5) is 10.5 Å². The highest BCUT2D eigenvalue weighted by Gasteiger charge is 2.32. The highest BCUT2D eigenvalue weighted by Crippen LogP contribution is 2.35. The zero-order chi connectivity index (χ0) is 18.8. The smallest absolute Gasteiger partial charge is 0.319 e. The number of benzene rings is 2. The predicted octanol–water partition coefficient (Wildman–Crippen LogP) is 4.86. The molecule has 26 heavy (non-hydrogen) atoms. The average molecular weight is 502 g/mol. The van der Waals surface area contributed by atoms with E-state index in [1.165, 1.54) is 0 Å². The largest absolute Gasteiger partial charge is 0.327 e. The third kappa shape index (κ3) is 3.97. The van der Waals surface area contributed by atoms with Gasteiger partial charge in [0.2, 0.25) is 0 Å². The van der Waals surface area contributed by atoms with Crippen molar-refractivity contribution in [3.05, 3.63) is 72.9 Å². The van der Waals surface area contributed by atoms with Crippen LogP contribution >= 0.6 is 45.8 Å². The lowest BCUT2D eigenvalue weighted by molar-refractivity contribution is -0.113. The lowest BCUT2D eigenvalue weighted by Crippen LogP contribution is -2.46. The van der Waals surface area contributed by atoms with Crippen LogP contribution in [0.3, 0.4) is 0 Å². The second-order valence-corrected chi connectivity index (χ2v) is 7.71. The van der Waals surface area contributed by atoms with Gasteiger partial charge < -0.3 is 16.0 Å². The van der Waals surface area contributed by atoms with Crippen molar-refractivity contribution < 1.29 is 9.59 Å². The summed E-state index contributed by atoms with van der Waals surface area (Å²) >= 11 is 14.6. The Kier molecular flexibility index (Phi) is 5.74. The maximum Gasteiger partial charge on any atom is 0.319 e. The van der Waals surface area contributed by atoms with Gasteiger partial charge in [-0.1, -0.05) is 35.3 Å². The van der Waals surface area contributed by atoms with E-state index in [1.807, 2.05) is 24.3 Å². The molecule has 1 atom stereocenters. The van der Waals surface area contributed by atoms with Crippen molar-refractivity contribution in [3.8, 4) is 0 Å². The SMILES string of the molecule is CC1=C(C(=O)Nc2ccc(I)cc2)C(c2cccc(Cl)c2Cl)NC(=O)N1. The van der Waals surface area contributed by atoms with Crippen LogP contribution in [-0.2, 0) is 4.79 Å². The molecule has 2 aromatic rings. The van der Waals surface area contributed by atoms with E-state index in [2.05, 4.69) is 38.5 Å². The van der Waals surface area contributed by atoms with E-state index in [-0.39, 0.29) is 5.91 Å². The number of anilines is 1. The molecular weight excluding hydrogens is 488 g/mol. The summed E-state index contributed by atoms with van der Waals surface area (Å²) in [6.07, 6.45) is 0. The summed E-state index contributed by atoms with van der Waals surface area (Å²) in [7, 11) is 0. The van der Waals surface area contributed by atoms with Gasteiger partial charge in [0, 0.05) is 15.0 Å². The molecule has 0 saturated carbocycles. The highest BCUT2D eigenvalue weighted by atomic mass is 127. The molecule has 1 unspecified atom stereocenters. The van der Waals surface area contributed by atoms with Crippen molar-refractivity contribution in [2.24, 2.45) is 0 Å². The molecule has 1 aliphatic heterocycles. The maximum atomic E-state index is 12.9. The van der Waals surface area contributed by atoms with Crippen LogP contribution in [0, 0.1) is 3.57 Å². The number of amides is 3. The zero-order valence-corrected chi connectivity index (χ0v) is 17.2. The summed E-state index contributed by atoms with van der Waals surface area (Å²) in [6.45, 7) is 1.67. The second-order valence-electron chi connectivity index (χ2n) is 5.67. The summed E-state index contributed by atoms with van der Waals surface area (Å²) in [6, 6.07) is 11.4. The summed E-state index contributed by atoms with van der Waals surface area (Å²) in [4.78, 5) is 24.9. The van der Waals surface area contributed by atoms with Crippen molar-refractivity contribution in [1.29, 1.82) is 0 Å². The predicted molar refractivity (Wildman–Crippen MR) is 111 cm³/mol. The van der Waals surface area contributed by atoms with Gasteiger partial charge in [0.15, 0.2) is 0 Å². The first kappa shape index (κ1) is 19.0. The van der Waals surface area contributed by atoms with Gasteiger partial charge in [0.1, 0.15) is 0 Å². The Bertz CT molecular complexity index is 913. The summed E-state index contributed by atoms with van der Waals surface area (Å²) < 4.78 is 1.06. The molecule has 3 rings (SSSR count). The van der Waals surface area contributed by atoms with Crippen LogP contribution in [0.1, 0.15) is 18.5 Å². The number of carbonyl (C=O) groups excluding carboxylic acids is 2. The van der Waals surface area contributed by atoms with E-state index in [9.17, 15) is 9.59 Å². The van der Waals surface area contributed by atoms with E-state index >= 15 is 0 Å². The van der Waals surface area contributed by atoms with Crippen LogP contribution in [0.25, 0.3) is 0 Å². The van der Waals surface area contributed by atoms with Crippen molar-refractivity contribution in [1.82, 2.24) is 10.6 Å². The maximum absolute atomic E-state index is 12.9. The van der Waals surface area contributed by atoms with Gasteiger partial charge in [-0.15, -0.1) is 0 Å². The zero-order valence-electron chi connectivity index (χ0n) is 13.6. The van der Waals surface area contributed by atoms with Gasteiger partial charge >= 0.3 is 6.03 Å². The first-order chi connectivity index (χ1) is 12.4. The number of allylic oxidation sites excluding steroid dienone is 1. The van der Waals surface area contributed by atoms with Crippen LogP contribution in [-0.4, -0.2) is 11.9 Å². The number of nitrogens with one attached hydrogen (secondary N) is 3. The first-order valence-corrected chi connectivity index (χ1v) is 9.49. The van der Waals surface area contributed by atoms with Crippen molar-refractivity contribution in [3.63, 3.8) is 0 Å². The van der Waals surface area contributed by atoms with E-state index < -0.39 is 12.1 Å². The van der Waals surface area contributed by atoms with Crippen LogP contribution in [0.2, 0.25) is 10.0 Å². The Balaban J connectivity index is 1.99. The number of halogens is 3. The summed E-state index contributed by atoms with van der Waals surface area (Å²) in [5.74, 6) is -0.336. The van der Waals surface area contributed by atoms with Gasteiger partial charge in [-0.2, -0.15) is 0 Å². The van der Waals surface area contributed by atoms with Gasteiger partial charge in [0.05, 0.1) is 21.7 Å². The molecule has 8 heteroatoms. The number of urea groups is 1. The van der Waals surface area contributed by atoms with E-state index in [0.717, 1.165) is 3.57 Å². The third-order valence-corrected chi connectivity index (χ3v) is 5.46. The lowest BCUT2D eigenvalue weighted by atomic mass is 9.94. The third-order valence-electron chi connectivity index (χ3n) is 3.91. The van der Waals surface area contributed by atoms with E-state index in [1.54, 1.807) is 25.1 Å².